The molecule has 0 unspecified atom stereocenters. The van der Waals surface area contributed by atoms with Crippen LogP contribution in [0.4, 0.5) is 0 Å². The molecule has 1 rings (SSSR count). The fourth-order valence-corrected chi connectivity index (χ4v) is 3.07. The third kappa shape index (κ3) is 1.93. The Kier molecular flexibility index (Phi) is 2.07. The average Bonchev–Trinajstić information content (AvgIpc) is 1.84. The van der Waals surface area contributed by atoms with Crippen LogP contribution in [0.15, 0.2) is 23.0 Å². The van der Waals surface area contributed by atoms with Gasteiger partial charge in [0.05, 0.1) is 0 Å². The van der Waals surface area contributed by atoms with E-state index < -0.39 is 4.37 Å². The second-order valence-corrected chi connectivity index (χ2v) is 16.7. The van der Waals surface area contributed by atoms with Crippen LogP contribution in [0.2, 0.25) is 0 Å². The second-order valence-electron chi connectivity index (χ2n) is 1.21. The van der Waals surface area contributed by atoms with Gasteiger partial charge >= 0.3 is 0 Å². The molecule has 0 aliphatic carbocycles. The number of hydrogen-bond acceptors (Lipinski definition) is 0. The minimum absolute atomic E-state index is 0.467. The molecule has 0 fully saturated rings. The summed E-state index contributed by atoms with van der Waals surface area (Å²) in [6, 6.07) is 0. The average molecular weight is 338 g/mol. The summed E-state index contributed by atoms with van der Waals surface area (Å²) in [5.74, 6) is 0. The van der Waals surface area contributed by atoms with E-state index in [2.05, 4.69) is 65.4 Å². The Hall–Kier alpha value is 1.29. The minimum atomic E-state index is -0.467. The maximum atomic E-state index is 2.46. The van der Waals surface area contributed by atoms with Gasteiger partial charge in [-0.3, -0.25) is 0 Å². The maximum absolute atomic E-state index is 2.46. The van der Waals surface area contributed by atoms with Gasteiger partial charge in [0.1, 0.15) is 0 Å². The molecule has 0 nitrogen and oxygen atoms in total. The highest BCUT2D eigenvalue weighted by molar-refractivity contribution is 14.3. The van der Waals surface area contributed by atoms with Gasteiger partial charge in [-0.05, 0) is 53.2 Å². The van der Waals surface area contributed by atoms with Crippen molar-refractivity contribution >= 4 is 46.8 Å². The van der Waals surface area contributed by atoms with E-state index >= 15 is 0 Å². The summed E-state index contributed by atoms with van der Waals surface area (Å²) in [7, 11) is 0. The van der Waals surface area contributed by atoms with Crippen LogP contribution in [0.25, 0.3) is 0 Å². The van der Waals surface area contributed by atoms with Gasteiger partial charge in [0.25, 0.3) is 0 Å². The van der Waals surface area contributed by atoms with E-state index in [1.807, 2.05) is 0 Å². The molecule has 0 aromatic carbocycles. The Bertz CT molecular complexity index is 112. The zero-order valence-electron chi connectivity index (χ0n) is 3.47. The minimum Gasteiger partial charge on any atom is -0.0918 e. The zero-order chi connectivity index (χ0) is 5.33. The molecule has 0 bridgehead atoms. The molecule has 3 heteroatoms. The van der Waals surface area contributed by atoms with Crippen LogP contribution in [0.5, 0.6) is 0 Å². The van der Waals surface area contributed by atoms with Crippen LogP contribution in [0, 0.1) is 0 Å². The van der Waals surface area contributed by atoms with Crippen molar-refractivity contribution in [3.8, 4) is 0 Å². The number of allylic oxidation sites excluding steroid dienone is 2. The maximum Gasteiger partial charge on any atom is -0.00664 e. The van der Waals surface area contributed by atoms with Crippen LogP contribution in [0.1, 0.15) is 0 Å². The summed E-state index contributed by atoms with van der Waals surface area (Å²) in [6.45, 7) is 0. The molecule has 1 aliphatic rings. The van der Waals surface area contributed by atoms with E-state index in [0.29, 0.717) is 0 Å². The van der Waals surface area contributed by atoms with Crippen LogP contribution in [0.3, 0.4) is 0 Å². The predicted octanol–water partition coefficient (Wildman–Crippen LogP) is 3.53. The molecule has 0 spiro atoms. The SMILES string of the molecule is IS1(I)C=CC=C1. The fourth-order valence-electron chi connectivity index (χ4n) is 0.346. The molecule has 0 saturated heterocycles. The van der Waals surface area contributed by atoms with E-state index in [4.69, 9.17) is 0 Å². The highest BCUT2D eigenvalue weighted by atomic mass is 127. The van der Waals surface area contributed by atoms with Crippen LogP contribution in [-0.4, -0.2) is 0 Å². The Morgan fingerprint density at radius 2 is 1.43 bits per heavy atom. The lowest BCUT2D eigenvalue weighted by atomic mass is 10.6. The summed E-state index contributed by atoms with van der Waals surface area (Å²) in [5.41, 5.74) is 0. The molecule has 0 atom stereocenters. The molecule has 0 radical (unpaired) electrons. The Morgan fingerprint density at radius 1 is 1.00 bits per heavy atom. The summed E-state index contributed by atoms with van der Waals surface area (Å²) in [5, 5.41) is 4.49. The lowest BCUT2D eigenvalue weighted by Crippen LogP contribution is -1.52. The van der Waals surface area contributed by atoms with E-state index in [0.717, 1.165) is 0 Å². The van der Waals surface area contributed by atoms with Crippen molar-refractivity contribution in [2.24, 2.45) is 0 Å². The van der Waals surface area contributed by atoms with Gasteiger partial charge in [-0.1, -0.05) is 16.5 Å². The van der Waals surface area contributed by atoms with Gasteiger partial charge in [-0.25, -0.2) is 0 Å². The highest BCUT2D eigenvalue weighted by Crippen LogP contribution is 2.68. The Labute approximate surface area is 68.9 Å². The molecule has 40 valence electrons. The normalized spacial score (nSPS) is 28.3. The molecule has 7 heavy (non-hydrogen) atoms. The van der Waals surface area contributed by atoms with Gasteiger partial charge in [0.2, 0.25) is 0 Å². The smallest absolute Gasteiger partial charge is 0.00664 e. The van der Waals surface area contributed by atoms with Gasteiger partial charge in [0, 0.05) is 0 Å². The summed E-state index contributed by atoms with van der Waals surface area (Å²) < 4.78 is -0.467. The first-order valence-corrected chi connectivity index (χ1v) is 8.62. The molecule has 0 saturated carbocycles. The lowest BCUT2D eigenvalue weighted by Gasteiger charge is -2.10. The largest absolute Gasteiger partial charge is 0.0918 e. The number of hydrogen-bond donors (Lipinski definition) is 0. The fraction of sp³-hybridized carbons (Fsp3) is 0. The first-order chi connectivity index (χ1) is 3.21. The molecule has 0 amide bonds. The number of rotatable bonds is 0. The molecular formula is C4H4I2S. The monoisotopic (exact) mass is 338 g/mol. The van der Waals surface area contributed by atoms with E-state index in [1.165, 1.54) is 0 Å². The van der Waals surface area contributed by atoms with Crippen molar-refractivity contribution < 1.29 is 0 Å². The zero-order valence-corrected chi connectivity index (χ0v) is 8.61. The molecule has 0 aromatic rings. The number of halogens is 2. The van der Waals surface area contributed by atoms with E-state index in [9.17, 15) is 0 Å². The molecule has 0 N–H and O–H groups in total. The molecule has 1 aliphatic heterocycles. The lowest BCUT2D eigenvalue weighted by molar-refractivity contribution is 2.15. The van der Waals surface area contributed by atoms with E-state index in [-0.39, 0.29) is 0 Å². The summed E-state index contributed by atoms with van der Waals surface area (Å²) >= 11 is 4.93. The third-order valence-electron chi connectivity index (χ3n) is 0.631. The van der Waals surface area contributed by atoms with Gasteiger partial charge in [-0.15, -0.1) is 0 Å². The van der Waals surface area contributed by atoms with Crippen LogP contribution in [-0.2, 0) is 0 Å². The van der Waals surface area contributed by atoms with Gasteiger partial charge in [-0.2, -0.15) is 0 Å². The topological polar surface area (TPSA) is 0 Å². The molecule has 0 aromatic heterocycles. The second kappa shape index (κ2) is 2.26. The van der Waals surface area contributed by atoms with Crippen molar-refractivity contribution in [1.82, 2.24) is 0 Å². The summed E-state index contributed by atoms with van der Waals surface area (Å²) in [6.07, 6.45) is 4.21. The van der Waals surface area contributed by atoms with Crippen LogP contribution >= 0.6 is 46.8 Å². The predicted molar refractivity (Wildman–Crippen MR) is 53.9 cm³/mol. The third-order valence-corrected chi connectivity index (χ3v) is 5.19. The standard InChI is InChI=1S/C4H4I2S/c5-7(6)3-1-2-4-7/h1-4H. The molecule has 1 heterocycles. The Balaban J connectivity index is 2.77. The van der Waals surface area contributed by atoms with Crippen molar-refractivity contribution in [3.05, 3.63) is 23.0 Å². The first-order valence-electron chi connectivity index (χ1n) is 1.78. The van der Waals surface area contributed by atoms with Gasteiger partial charge in [0.15, 0.2) is 0 Å². The van der Waals surface area contributed by atoms with Crippen molar-refractivity contribution in [2.75, 3.05) is 0 Å². The first kappa shape index (κ1) is 6.41. The van der Waals surface area contributed by atoms with Crippen molar-refractivity contribution in [2.45, 2.75) is 0 Å². The Morgan fingerprint density at radius 3 is 1.57 bits per heavy atom. The van der Waals surface area contributed by atoms with Crippen molar-refractivity contribution in [3.63, 3.8) is 0 Å². The summed E-state index contributed by atoms with van der Waals surface area (Å²) in [4.78, 5) is 0. The molecular weight excluding hydrogens is 334 g/mol. The van der Waals surface area contributed by atoms with Crippen LogP contribution < -0.4 is 0 Å². The van der Waals surface area contributed by atoms with Crippen molar-refractivity contribution in [1.29, 1.82) is 0 Å². The van der Waals surface area contributed by atoms with Gasteiger partial charge < -0.3 is 0 Å². The quantitative estimate of drug-likeness (QED) is 0.593. The van der Waals surface area contributed by atoms with E-state index in [1.54, 1.807) is 0 Å². The highest BCUT2D eigenvalue weighted by Gasteiger charge is 2.08.